The van der Waals surface area contributed by atoms with Crippen LogP contribution in [0.2, 0.25) is 0 Å². The molecule has 1 aromatic heterocycles. The summed E-state index contributed by atoms with van der Waals surface area (Å²) in [5.41, 5.74) is 1.42. The van der Waals surface area contributed by atoms with Crippen LogP contribution in [0.15, 0.2) is 48.8 Å². The summed E-state index contributed by atoms with van der Waals surface area (Å²) in [5.74, 6) is 0.371. The molecular weight excluding hydrogens is 245 g/mol. The molecule has 0 bridgehead atoms. The second-order valence-corrected chi connectivity index (χ2v) is 4.06. The molecule has 0 spiro atoms. The van der Waals surface area contributed by atoms with Crippen molar-refractivity contribution in [1.29, 1.82) is 0 Å². The summed E-state index contributed by atoms with van der Waals surface area (Å²) < 4.78 is 13.3. The lowest BCUT2D eigenvalue weighted by Gasteiger charge is -2.08. The van der Waals surface area contributed by atoms with E-state index in [0.29, 0.717) is 16.7 Å². The van der Waals surface area contributed by atoms with Gasteiger partial charge in [0.25, 0.3) is 0 Å². The van der Waals surface area contributed by atoms with E-state index in [1.54, 1.807) is 30.3 Å². The molecule has 0 aliphatic carbocycles. The monoisotopic (exact) mass is 255 g/mol. The number of halogens is 1. The van der Waals surface area contributed by atoms with E-state index in [4.69, 9.17) is 0 Å². The molecule has 0 saturated carbocycles. The van der Waals surface area contributed by atoms with E-state index < -0.39 is 0 Å². The van der Waals surface area contributed by atoms with Gasteiger partial charge in [0.2, 0.25) is 0 Å². The highest BCUT2D eigenvalue weighted by Crippen LogP contribution is 2.24. The maximum absolute atomic E-state index is 13.3. The maximum atomic E-state index is 13.3. The van der Waals surface area contributed by atoms with Gasteiger partial charge in [-0.3, -0.25) is 0 Å². The van der Waals surface area contributed by atoms with Gasteiger partial charge in [0.15, 0.2) is 0 Å². The van der Waals surface area contributed by atoms with Gasteiger partial charge < -0.3 is 10.4 Å². The van der Waals surface area contributed by atoms with Crippen LogP contribution in [0.25, 0.3) is 10.9 Å². The number of hydrogen-bond donors (Lipinski definition) is 2. The minimum absolute atomic E-state index is 0.184. The Kier molecular flexibility index (Phi) is 2.72. The van der Waals surface area contributed by atoms with Crippen molar-refractivity contribution in [3.05, 3.63) is 54.6 Å². The number of fused-ring (bicyclic) bond motifs is 1. The SMILES string of the molecule is Oc1ccc(Nc2ncnc3ccc(F)cc23)cc1. The number of benzene rings is 2. The molecule has 0 aliphatic rings. The van der Waals surface area contributed by atoms with Crippen LogP contribution in [-0.4, -0.2) is 15.1 Å². The number of phenolic OH excluding ortho intramolecular Hbond substituents is 1. The van der Waals surface area contributed by atoms with Gasteiger partial charge in [0.1, 0.15) is 23.7 Å². The molecule has 0 atom stereocenters. The van der Waals surface area contributed by atoms with Crippen molar-refractivity contribution in [2.45, 2.75) is 0 Å². The van der Waals surface area contributed by atoms with Crippen LogP contribution in [0.5, 0.6) is 5.75 Å². The Hall–Kier alpha value is -2.69. The number of phenols is 1. The van der Waals surface area contributed by atoms with Gasteiger partial charge >= 0.3 is 0 Å². The average Bonchev–Trinajstić information content (AvgIpc) is 2.42. The molecule has 0 aliphatic heterocycles. The molecular formula is C14H10FN3O. The molecule has 0 unspecified atom stereocenters. The fourth-order valence-corrected chi connectivity index (χ4v) is 1.81. The highest BCUT2D eigenvalue weighted by Gasteiger charge is 2.05. The fourth-order valence-electron chi connectivity index (χ4n) is 1.81. The highest BCUT2D eigenvalue weighted by molar-refractivity contribution is 5.90. The lowest BCUT2D eigenvalue weighted by molar-refractivity contribution is 0.475. The maximum Gasteiger partial charge on any atom is 0.141 e. The topological polar surface area (TPSA) is 58.0 Å². The second-order valence-electron chi connectivity index (χ2n) is 4.06. The molecule has 2 aromatic carbocycles. The number of aromatic hydroxyl groups is 1. The van der Waals surface area contributed by atoms with E-state index in [1.165, 1.54) is 18.5 Å². The summed E-state index contributed by atoms with van der Waals surface area (Å²) in [6.07, 6.45) is 1.42. The zero-order chi connectivity index (χ0) is 13.2. The molecule has 0 saturated heterocycles. The van der Waals surface area contributed by atoms with Crippen molar-refractivity contribution in [3.63, 3.8) is 0 Å². The van der Waals surface area contributed by atoms with Crippen molar-refractivity contribution < 1.29 is 9.50 Å². The minimum Gasteiger partial charge on any atom is -0.508 e. The zero-order valence-corrected chi connectivity index (χ0v) is 9.84. The molecule has 19 heavy (non-hydrogen) atoms. The largest absolute Gasteiger partial charge is 0.508 e. The number of nitrogens with one attached hydrogen (secondary N) is 1. The fraction of sp³-hybridized carbons (Fsp3) is 0. The lowest BCUT2D eigenvalue weighted by atomic mass is 10.2. The van der Waals surface area contributed by atoms with Crippen molar-refractivity contribution >= 4 is 22.4 Å². The Morgan fingerprint density at radius 1 is 1.00 bits per heavy atom. The first-order valence-electron chi connectivity index (χ1n) is 5.69. The second kappa shape index (κ2) is 4.53. The number of rotatable bonds is 2. The van der Waals surface area contributed by atoms with Crippen LogP contribution in [0.3, 0.4) is 0 Å². The normalized spacial score (nSPS) is 10.6. The van der Waals surface area contributed by atoms with Crippen molar-refractivity contribution in [2.75, 3.05) is 5.32 Å². The van der Waals surface area contributed by atoms with Crippen LogP contribution in [0.1, 0.15) is 0 Å². The first kappa shape index (κ1) is 11.4. The number of hydrogen-bond acceptors (Lipinski definition) is 4. The van der Waals surface area contributed by atoms with Crippen LogP contribution < -0.4 is 5.32 Å². The Morgan fingerprint density at radius 3 is 2.58 bits per heavy atom. The van der Waals surface area contributed by atoms with Gasteiger partial charge in [-0.05, 0) is 42.5 Å². The molecule has 0 fully saturated rings. The lowest BCUT2D eigenvalue weighted by Crippen LogP contribution is -1.96. The van der Waals surface area contributed by atoms with E-state index in [1.807, 2.05) is 0 Å². The van der Waals surface area contributed by atoms with Crippen molar-refractivity contribution in [1.82, 2.24) is 9.97 Å². The third-order valence-electron chi connectivity index (χ3n) is 2.73. The molecule has 3 rings (SSSR count). The van der Waals surface area contributed by atoms with E-state index in [9.17, 15) is 9.50 Å². The van der Waals surface area contributed by atoms with E-state index >= 15 is 0 Å². The summed E-state index contributed by atoms with van der Waals surface area (Å²) >= 11 is 0. The standard InChI is InChI=1S/C14H10FN3O/c15-9-1-6-13-12(7-9)14(17-8-16-13)18-10-2-4-11(19)5-3-10/h1-8,19H,(H,16,17,18). The van der Waals surface area contributed by atoms with Gasteiger partial charge in [0.05, 0.1) is 5.52 Å². The first-order chi connectivity index (χ1) is 9.22. The van der Waals surface area contributed by atoms with Crippen molar-refractivity contribution in [2.24, 2.45) is 0 Å². The van der Waals surface area contributed by atoms with Crippen LogP contribution in [0.4, 0.5) is 15.9 Å². The quantitative estimate of drug-likeness (QED) is 0.690. The van der Waals surface area contributed by atoms with Gasteiger partial charge in [-0.15, -0.1) is 0 Å². The molecule has 0 amide bonds. The highest BCUT2D eigenvalue weighted by atomic mass is 19.1. The van der Waals surface area contributed by atoms with E-state index in [2.05, 4.69) is 15.3 Å². The van der Waals surface area contributed by atoms with Gasteiger partial charge in [-0.25, -0.2) is 14.4 Å². The number of nitrogens with zero attached hydrogens (tertiary/aromatic N) is 2. The molecule has 2 N–H and O–H groups in total. The summed E-state index contributed by atoms with van der Waals surface area (Å²) in [7, 11) is 0. The molecule has 3 aromatic rings. The predicted molar refractivity (Wildman–Crippen MR) is 70.9 cm³/mol. The number of aromatic nitrogens is 2. The van der Waals surface area contributed by atoms with Crippen LogP contribution >= 0.6 is 0 Å². The Morgan fingerprint density at radius 2 is 1.79 bits per heavy atom. The molecule has 5 heteroatoms. The summed E-state index contributed by atoms with van der Waals surface area (Å²) in [4.78, 5) is 8.20. The smallest absolute Gasteiger partial charge is 0.141 e. The average molecular weight is 255 g/mol. The van der Waals surface area contributed by atoms with E-state index in [0.717, 1.165) is 5.69 Å². The summed E-state index contributed by atoms with van der Waals surface area (Å²) in [6, 6.07) is 10.9. The third-order valence-corrected chi connectivity index (χ3v) is 2.73. The molecule has 94 valence electrons. The Labute approximate surface area is 108 Å². The summed E-state index contributed by atoms with van der Waals surface area (Å²) in [6.45, 7) is 0. The first-order valence-corrected chi connectivity index (χ1v) is 5.69. The summed E-state index contributed by atoms with van der Waals surface area (Å²) in [5, 5.41) is 12.9. The van der Waals surface area contributed by atoms with Gasteiger partial charge in [-0.2, -0.15) is 0 Å². The number of anilines is 2. The van der Waals surface area contributed by atoms with E-state index in [-0.39, 0.29) is 11.6 Å². The van der Waals surface area contributed by atoms with Crippen LogP contribution in [0, 0.1) is 5.82 Å². The minimum atomic E-state index is -0.337. The Bertz CT molecular complexity index is 728. The predicted octanol–water partition coefficient (Wildman–Crippen LogP) is 3.22. The van der Waals surface area contributed by atoms with Crippen LogP contribution in [-0.2, 0) is 0 Å². The van der Waals surface area contributed by atoms with Crippen molar-refractivity contribution in [3.8, 4) is 5.75 Å². The Balaban J connectivity index is 2.05. The molecule has 0 radical (unpaired) electrons. The zero-order valence-electron chi connectivity index (χ0n) is 9.84. The van der Waals surface area contributed by atoms with Gasteiger partial charge in [0, 0.05) is 11.1 Å². The third kappa shape index (κ3) is 2.30. The molecule has 1 heterocycles. The molecule has 4 nitrogen and oxygen atoms in total. The van der Waals surface area contributed by atoms with Gasteiger partial charge in [-0.1, -0.05) is 0 Å².